The Labute approximate surface area is 144 Å². The normalized spacial score (nSPS) is 11.0. The first kappa shape index (κ1) is 15.0. The second kappa shape index (κ2) is 6.88. The van der Waals surface area contributed by atoms with Crippen LogP contribution in [0.15, 0.2) is 99.9 Å². The number of rotatable bonds is 4. The molecule has 0 bridgehead atoms. The lowest BCUT2D eigenvalue weighted by Gasteiger charge is -2.05. The second-order valence-electron chi connectivity index (χ2n) is 5.31. The monoisotopic (exact) mass is 326 g/mol. The van der Waals surface area contributed by atoms with Gasteiger partial charge in [0.1, 0.15) is 11.4 Å². The van der Waals surface area contributed by atoms with Crippen LogP contribution in [0.5, 0.6) is 0 Å². The highest BCUT2D eigenvalue weighted by atomic mass is 16.3. The summed E-state index contributed by atoms with van der Waals surface area (Å²) in [5, 5.41) is 8.56. The van der Waals surface area contributed by atoms with Crippen LogP contribution in [-0.2, 0) is 0 Å². The van der Waals surface area contributed by atoms with Gasteiger partial charge in [-0.2, -0.15) is 5.11 Å². The van der Waals surface area contributed by atoms with Gasteiger partial charge in [0.15, 0.2) is 11.6 Å². The van der Waals surface area contributed by atoms with Crippen LogP contribution >= 0.6 is 0 Å². The molecule has 0 spiro atoms. The molecule has 0 aliphatic heterocycles. The van der Waals surface area contributed by atoms with E-state index in [1.54, 1.807) is 12.5 Å². The Hall–Kier alpha value is -3.60. The molecule has 0 aliphatic rings. The van der Waals surface area contributed by atoms with Gasteiger partial charge in [0, 0.05) is 5.56 Å². The summed E-state index contributed by atoms with van der Waals surface area (Å²) in [6.45, 7) is 0. The fraction of sp³-hybridized carbons (Fsp3) is 0. The van der Waals surface area contributed by atoms with E-state index in [4.69, 9.17) is 4.42 Å². The molecule has 0 fully saturated rings. The Balaban J connectivity index is 1.77. The summed E-state index contributed by atoms with van der Waals surface area (Å²) in [5.74, 6) is 1.24. The number of hydrogen-bond acceptors (Lipinski definition) is 5. The summed E-state index contributed by atoms with van der Waals surface area (Å²) in [4.78, 5) is 9.06. The Morgan fingerprint density at radius 2 is 1.52 bits per heavy atom. The minimum atomic E-state index is 0.554. The number of hydrogen-bond donors (Lipinski definition) is 0. The SMILES string of the molecule is c1ccc(N=Nc2cnc(-c3ccccc3)nc2-c2ccco2)cc1. The van der Waals surface area contributed by atoms with Gasteiger partial charge >= 0.3 is 0 Å². The van der Waals surface area contributed by atoms with Crippen molar-refractivity contribution in [3.8, 4) is 22.8 Å². The molecule has 0 saturated heterocycles. The van der Waals surface area contributed by atoms with Crippen molar-refractivity contribution in [1.29, 1.82) is 0 Å². The van der Waals surface area contributed by atoms with Crippen LogP contribution in [0.2, 0.25) is 0 Å². The fourth-order valence-electron chi connectivity index (χ4n) is 2.38. The highest BCUT2D eigenvalue weighted by Crippen LogP contribution is 2.31. The van der Waals surface area contributed by atoms with Gasteiger partial charge in [-0.3, -0.25) is 0 Å². The van der Waals surface area contributed by atoms with Gasteiger partial charge < -0.3 is 4.42 Å². The Bertz CT molecular complexity index is 981. The van der Waals surface area contributed by atoms with Gasteiger partial charge in [0.2, 0.25) is 0 Å². The van der Waals surface area contributed by atoms with Crippen molar-refractivity contribution in [3.05, 3.63) is 85.3 Å². The third-order valence-corrected chi connectivity index (χ3v) is 3.59. The maximum absolute atomic E-state index is 5.51. The molecule has 4 rings (SSSR count). The average molecular weight is 326 g/mol. The van der Waals surface area contributed by atoms with Crippen LogP contribution < -0.4 is 0 Å². The van der Waals surface area contributed by atoms with E-state index < -0.39 is 0 Å². The molecule has 0 aliphatic carbocycles. The number of furan rings is 1. The quantitative estimate of drug-likeness (QED) is 0.444. The molecule has 120 valence electrons. The molecule has 0 saturated carbocycles. The molecule has 25 heavy (non-hydrogen) atoms. The topological polar surface area (TPSA) is 63.6 Å². The van der Waals surface area contributed by atoms with Gasteiger partial charge in [-0.15, -0.1) is 5.11 Å². The lowest BCUT2D eigenvalue weighted by Crippen LogP contribution is -1.91. The first-order valence-electron chi connectivity index (χ1n) is 7.83. The number of nitrogens with zero attached hydrogens (tertiary/aromatic N) is 4. The molecular formula is C20H14N4O. The van der Waals surface area contributed by atoms with Gasteiger partial charge in [-0.1, -0.05) is 48.5 Å². The van der Waals surface area contributed by atoms with Gasteiger partial charge in [0.25, 0.3) is 0 Å². The van der Waals surface area contributed by atoms with Gasteiger partial charge in [-0.25, -0.2) is 9.97 Å². The predicted octanol–water partition coefficient (Wildman–Crippen LogP) is 5.82. The van der Waals surface area contributed by atoms with Crippen LogP contribution in [-0.4, -0.2) is 9.97 Å². The molecule has 2 heterocycles. The molecule has 0 atom stereocenters. The molecule has 5 heteroatoms. The first-order chi connectivity index (χ1) is 12.4. The maximum atomic E-state index is 5.51. The minimum Gasteiger partial charge on any atom is -0.463 e. The third-order valence-electron chi connectivity index (χ3n) is 3.59. The van der Waals surface area contributed by atoms with Gasteiger partial charge in [0.05, 0.1) is 18.1 Å². The van der Waals surface area contributed by atoms with E-state index in [1.807, 2.05) is 72.8 Å². The minimum absolute atomic E-state index is 0.554. The molecule has 0 amide bonds. The van der Waals surface area contributed by atoms with E-state index in [-0.39, 0.29) is 0 Å². The van der Waals surface area contributed by atoms with Crippen molar-refractivity contribution in [3.63, 3.8) is 0 Å². The zero-order valence-corrected chi connectivity index (χ0v) is 13.3. The summed E-state index contributed by atoms with van der Waals surface area (Å²) in [6, 6.07) is 23.0. The smallest absolute Gasteiger partial charge is 0.160 e. The van der Waals surface area contributed by atoms with Crippen molar-refractivity contribution < 1.29 is 4.42 Å². The van der Waals surface area contributed by atoms with Crippen LogP contribution in [0.3, 0.4) is 0 Å². The average Bonchev–Trinajstić information content (AvgIpc) is 3.22. The molecule has 0 radical (unpaired) electrons. The summed E-state index contributed by atoms with van der Waals surface area (Å²) >= 11 is 0. The second-order valence-corrected chi connectivity index (χ2v) is 5.31. The third kappa shape index (κ3) is 3.35. The van der Waals surface area contributed by atoms with E-state index in [1.165, 1.54) is 0 Å². The lowest BCUT2D eigenvalue weighted by molar-refractivity contribution is 0.580. The number of benzene rings is 2. The Morgan fingerprint density at radius 3 is 2.24 bits per heavy atom. The summed E-state index contributed by atoms with van der Waals surface area (Å²) < 4.78 is 5.51. The van der Waals surface area contributed by atoms with Crippen molar-refractivity contribution in [1.82, 2.24) is 9.97 Å². The predicted molar refractivity (Wildman–Crippen MR) is 95.8 cm³/mol. The zero-order chi connectivity index (χ0) is 16.9. The van der Waals surface area contributed by atoms with Crippen LogP contribution in [0.4, 0.5) is 11.4 Å². The molecular weight excluding hydrogens is 312 g/mol. The van der Waals surface area contributed by atoms with Crippen molar-refractivity contribution in [2.45, 2.75) is 0 Å². The molecule has 5 nitrogen and oxygen atoms in total. The summed E-state index contributed by atoms with van der Waals surface area (Å²) in [6.07, 6.45) is 3.28. The largest absolute Gasteiger partial charge is 0.463 e. The van der Waals surface area contributed by atoms with E-state index in [9.17, 15) is 0 Å². The van der Waals surface area contributed by atoms with Crippen LogP contribution in [0.25, 0.3) is 22.8 Å². The first-order valence-corrected chi connectivity index (χ1v) is 7.83. The van der Waals surface area contributed by atoms with Crippen LogP contribution in [0, 0.1) is 0 Å². The fourth-order valence-corrected chi connectivity index (χ4v) is 2.38. The Kier molecular flexibility index (Phi) is 4.12. The number of azo groups is 1. The Morgan fingerprint density at radius 1 is 0.760 bits per heavy atom. The van der Waals surface area contributed by atoms with E-state index in [0.717, 1.165) is 11.3 Å². The maximum Gasteiger partial charge on any atom is 0.160 e. The molecule has 4 aromatic rings. The van der Waals surface area contributed by atoms with Gasteiger partial charge in [-0.05, 0) is 24.3 Å². The van der Waals surface area contributed by atoms with Crippen molar-refractivity contribution >= 4 is 11.4 Å². The highest BCUT2D eigenvalue weighted by Gasteiger charge is 2.13. The standard InChI is InChI=1S/C20H14N4O/c1-3-8-15(9-4-1)20-21-14-17(19(22-20)18-12-7-13-25-18)24-23-16-10-5-2-6-11-16/h1-14H. The summed E-state index contributed by atoms with van der Waals surface area (Å²) in [5.41, 5.74) is 2.86. The zero-order valence-electron chi connectivity index (χ0n) is 13.3. The molecule has 2 aromatic carbocycles. The van der Waals surface area contributed by atoms with E-state index in [0.29, 0.717) is 23.0 Å². The molecule has 0 unspecified atom stereocenters. The van der Waals surface area contributed by atoms with E-state index in [2.05, 4.69) is 20.2 Å². The number of aromatic nitrogens is 2. The van der Waals surface area contributed by atoms with Crippen molar-refractivity contribution in [2.24, 2.45) is 10.2 Å². The van der Waals surface area contributed by atoms with Crippen LogP contribution in [0.1, 0.15) is 0 Å². The molecule has 0 N–H and O–H groups in total. The molecule has 2 aromatic heterocycles. The lowest BCUT2D eigenvalue weighted by atomic mass is 10.2. The van der Waals surface area contributed by atoms with Crippen molar-refractivity contribution in [2.75, 3.05) is 0 Å². The highest BCUT2D eigenvalue weighted by molar-refractivity contribution is 5.70. The van der Waals surface area contributed by atoms with E-state index >= 15 is 0 Å². The summed E-state index contributed by atoms with van der Waals surface area (Å²) in [7, 11) is 0.